The average Bonchev–Trinajstić information content (AvgIpc) is 2.60. The molecule has 1 aliphatic rings. The molecule has 144 valence electrons. The number of fused-ring (bicyclic) bond motifs is 4. The Balaban J connectivity index is 2.11. The van der Waals surface area contributed by atoms with E-state index in [4.69, 9.17) is 9.15 Å². The van der Waals surface area contributed by atoms with Gasteiger partial charge < -0.3 is 19.4 Å². The number of rotatable bonds is 2. The summed E-state index contributed by atoms with van der Waals surface area (Å²) >= 11 is 0. The molecule has 0 bridgehead atoms. The second-order valence-electron chi connectivity index (χ2n) is 7.92. The lowest BCUT2D eigenvalue weighted by Gasteiger charge is -2.28. The van der Waals surface area contributed by atoms with Gasteiger partial charge in [0.25, 0.3) is 0 Å². The van der Waals surface area contributed by atoms with Gasteiger partial charge in [-0.15, -0.1) is 0 Å². The van der Waals surface area contributed by atoms with Crippen molar-refractivity contribution in [1.29, 1.82) is 0 Å². The van der Waals surface area contributed by atoms with Gasteiger partial charge in [0.1, 0.15) is 22.5 Å². The largest absolute Gasteiger partial charge is 0.507 e. The average molecular weight is 378 g/mol. The molecule has 0 unspecified atom stereocenters. The van der Waals surface area contributed by atoms with Crippen LogP contribution in [0.25, 0.3) is 28.0 Å². The van der Waals surface area contributed by atoms with E-state index in [0.29, 0.717) is 17.7 Å². The van der Waals surface area contributed by atoms with E-state index in [0.717, 1.165) is 11.1 Å². The monoisotopic (exact) mass is 378 g/mol. The molecular weight excluding hydrogens is 356 g/mol. The highest BCUT2D eigenvalue weighted by Gasteiger charge is 2.27. The van der Waals surface area contributed by atoms with Crippen LogP contribution in [0.3, 0.4) is 0 Å². The minimum atomic E-state index is -0.538. The first kappa shape index (κ1) is 18.2. The van der Waals surface area contributed by atoms with E-state index < -0.39 is 5.60 Å². The van der Waals surface area contributed by atoms with Gasteiger partial charge in [-0.05, 0) is 57.9 Å². The van der Waals surface area contributed by atoms with Crippen molar-refractivity contribution in [3.63, 3.8) is 0 Å². The van der Waals surface area contributed by atoms with Gasteiger partial charge in [0.2, 0.25) is 5.43 Å². The summed E-state index contributed by atoms with van der Waals surface area (Å²) in [5.74, 6) is 0.111. The third kappa shape index (κ3) is 2.83. The molecule has 0 atom stereocenters. The normalized spacial score (nSPS) is 14.7. The van der Waals surface area contributed by atoms with Gasteiger partial charge in [-0.25, -0.2) is 0 Å². The minimum absolute atomic E-state index is 0.0863. The summed E-state index contributed by atoms with van der Waals surface area (Å²) in [5.41, 5.74) is 1.83. The smallest absolute Gasteiger partial charge is 0.204 e. The van der Waals surface area contributed by atoms with Crippen molar-refractivity contribution in [2.24, 2.45) is 0 Å². The minimum Gasteiger partial charge on any atom is -0.507 e. The summed E-state index contributed by atoms with van der Waals surface area (Å²) in [4.78, 5) is 13.3. The number of aromatic hydroxyl groups is 2. The van der Waals surface area contributed by atoms with Crippen LogP contribution < -0.4 is 10.2 Å². The van der Waals surface area contributed by atoms with Crippen LogP contribution in [-0.4, -0.2) is 15.8 Å². The lowest BCUT2D eigenvalue weighted by atomic mass is 9.98. The maximum atomic E-state index is 13.3. The summed E-state index contributed by atoms with van der Waals surface area (Å²) in [6.07, 6.45) is 6.21. The predicted molar refractivity (Wildman–Crippen MR) is 110 cm³/mol. The highest BCUT2D eigenvalue weighted by Crippen LogP contribution is 2.41. The van der Waals surface area contributed by atoms with E-state index >= 15 is 0 Å². The molecule has 1 aromatic heterocycles. The number of benzene rings is 2. The summed E-state index contributed by atoms with van der Waals surface area (Å²) in [7, 11) is 0. The summed E-state index contributed by atoms with van der Waals surface area (Å²) in [6, 6.07) is 4.68. The van der Waals surface area contributed by atoms with Crippen molar-refractivity contribution in [3.8, 4) is 17.2 Å². The fraction of sp³-hybridized carbons (Fsp3) is 0.261. The first-order valence-corrected chi connectivity index (χ1v) is 9.17. The van der Waals surface area contributed by atoms with E-state index in [9.17, 15) is 15.0 Å². The molecule has 0 amide bonds. The molecule has 2 heterocycles. The summed E-state index contributed by atoms with van der Waals surface area (Å²) in [6.45, 7) is 7.75. The van der Waals surface area contributed by atoms with Crippen molar-refractivity contribution < 1.29 is 19.4 Å². The Morgan fingerprint density at radius 1 is 1.11 bits per heavy atom. The Kier molecular flexibility index (Phi) is 4.00. The Hall–Kier alpha value is -3.21. The SMILES string of the molecule is CC(C)=CCc1ccc(O)c2oc3c4c(cc(O)c3c(=O)c12)OC(C)(C)C=C4. The standard InChI is InChI=1S/C23H22O5/c1-12(2)5-6-13-7-8-15(24)22-18(13)20(26)19-16(25)11-17-14(21(19)27-22)9-10-23(3,4)28-17/h5,7-11,24-25H,6H2,1-4H3. The zero-order valence-corrected chi connectivity index (χ0v) is 16.3. The van der Waals surface area contributed by atoms with E-state index in [-0.39, 0.29) is 38.9 Å². The van der Waals surface area contributed by atoms with Crippen molar-refractivity contribution in [3.05, 3.63) is 57.3 Å². The quantitative estimate of drug-likeness (QED) is 0.482. The lowest BCUT2D eigenvalue weighted by molar-refractivity contribution is 0.158. The molecule has 0 spiro atoms. The highest BCUT2D eigenvalue weighted by molar-refractivity contribution is 6.01. The van der Waals surface area contributed by atoms with Crippen LogP contribution in [0.4, 0.5) is 0 Å². The summed E-state index contributed by atoms with van der Waals surface area (Å²) < 4.78 is 11.9. The van der Waals surface area contributed by atoms with Gasteiger partial charge in [-0.3, -0.25) is 4.79 Å². The van der Waals surface area contributed by atoms with Gasteiger partial charge >= 0.3 is 0 Å². The van der Waals surface area contributed by atoms with Crippen LogP contribution in [0.2, 0.25) is 0 Å². The van der Waals surface area contributed by atoms with Gasteiger partial charge in [-0.2, -0.15) is 0 Å². The van der Waals surface area contributed by atoms with Gasteiger partial charge in [-0.1, -0.05) is 17.7 Å². The number of hydrogen-bond donors (Lipinski definition) is 2. The van der Waals surface area contributed by atoms with Crippen LogP contribution in [0.5, 0.6) is 17.2 Å². The van der Waals surface area contributed by atoms with Crippen molar-refractivity contribution >= 4 is 28.0 Å². The molecule has 5 heteroatoms. The predicted octanol–water partition coefficient (Wildman–Crippen LogP) is 5.05. The first-order valence-electron chi connectivity index (χ1n) is 9.17. The lowest BCUT2D eigenvalue weighted by Crippen LogP contribution is -2.27. The topological polar surface area (TPSA) is 79.9 Å². The number of ether oxygens (including phenoxy) is 1. The van der Waals surface area contributed by atoms with Crippen molar-refractivity contribution in [1.82, 2.24) is 0 Å². The van der Waals surface area contributed by atoms with E-state index in [2.05, 4.69) is 0 Å². The third-order valence-corrected chi connectivity index (χ3v) is 4.90. The highest BCUT2D eigenvalue weighted by atomic mass is 16.5. The molecule has 1 aliphatic heterocycles. The van der Waals surface area contributed by atoms with E-state index in [1.54, 1.807) is 6.07 Å². The molecule has 0 saturated heterocycles. The Labute approximate surface area is 162 Å². The molecule has 3 aromatic rings. The molecule has 2 aromatic carbocycles. The van der Waals surface area contributed by atoms with Crippen LogP contribution in [-0.2, 0) is 6.42 Å². The van der Waals surface area contributed by atoms with Gasteiger partial charge in [0, 0.05) is 6.07 Å². The molecule has 0 saturated carbocycles. The fourth-order valence-electron chi connectivity index (χ4n) is 3.48. The molecule has 0 fully saturated rings. The van der Waals surface area contributed by atoms with Gasteiger partial charge in [0.05, 0.1) is 10.9 Å². The second kappa shape index (κ2) is 6.16. The zero-order valence-electron chi connectivity index (χ0n) is 16.3. The maximum Gasteiger partial charge on any atom is 0.204 e. The number of hydrogen-bond acceptors (Lipinski definition) is 5. The molecule has 28 heavy (non-hydrogen) atoms. The maximum absolute atomic E-state index is 13.3. The Morgan fingerprint density at radius 2 is 1.86 bits per heavy atom. The first-order chi connectivity index (χ1) is 13.2. The zero-order chi connectivity index (χ0) is 20.2. The number of allylic oxidation sites excluding steroid dienone is 2. The number of phenolic OH excluding ortho intramolecular Hbond substituents is 2. The molecule has 4 rings (SSSR count). The Morgan fingerprint density at radius 3 is 2.57 bits per heavy atom. The fourth-order valence-corrected chi connectivity index (χ4v) is 3.48. The molecule has 2 N–H and O–H groups in total. The summed E-state index contributed by atoms with van der Waals surface area (Å²) in [5, 5.41) is 21.3. The molecular formula is C23H22O5. The number of phenols is 2. The van der Waals surface area contributed by atoms with Gasteiger partial charge in [0.15, 0.2) is 16.9 Å². The molecule has 0 radical (unpaired) electrons. The van der Waals surface area contributed by atoms with Crippen molar-refractivity contribution in [2.75, 3.05) is 0 Å². The Bertz CT molecular complexity index is 1240. The van der Waals surface area contributed by atoms with E-state index in [1.165, 1.54) is 12.1 Å². The van der Waals surface area contributed by atoms with Crippen LogP contribution in [0, 0.1) is 0 Å². The molecule has 5 nitrogen and oxygen atoms in total. The van der Waals surface area contributed by atoms with Crippen LogP contribution in [0.15, 0.2) is 45.1 Å². The molecule has 0 aliphatic carbocycles. The van der Waals surface area contributed by atoms with E-state index in [1.807, 2.05) is 45.9 Å². The second-order valence-corrected chi connectivity index (χ2v) is 7.92. The third-order valence-electron chi connectivity index (χ3n) is 4.90. The van der Waals surface area contributed by atoms with Crippen LogP contribution >= 0.6 is 0 Å². The van der Waals surface area contributed by atoms with Crippen LogP contribution in [0.1, 0.15) is 38.8 Å². The van der Waals surface area contributed by atoms with Crippen molar-refractivity contribution in [2.45, 2.75) is 39.7 Å².